The normalized spacial score (nSPS) is 10.3. The Hall–Kier alpha value is -0.740. The third-order valence-electron chi connectivity index (χ3n) is 2.29. The first-order valence-corrected chi connectivity index (χ1v) is 5.81. The molecular weight excluding hydrogens is 249 g/mol. The third-order valence-corrected chi connectivity index (χ3v) is 2.82. The molecule has 1 amide bonds. The van der Waals surface area contributed by atoms with Gasteiger partial charge in [0.25, 0.3) is 0 Å². The van der Waals surface area contributed by atoms with Crippen LogP contribution in [0.5, 0.6) is 0 Å². The first kappa shape index (κ1) is 13.3. The van der Waals surface area contributed by atoms with Crippen LogP contribution in [0.3, 0.4) is 0 Å². The van der Waals surface area contributed by atoms with Crippen molar-refractivity contribution in [2.75, 3.05) is 17.7 Å². The number of carbonyl (C=O) groups excluding carboxylic acids is 1. The van der Waals surface area contributed by atoms with E-state index in [1.165, 1.54) is 17.0 Å². The summed E-state index contributed by atoms with van der Waals surface area (Å²) in [5.41, 5.74) is 0.848. The van der Waals surface area contributed by atoms with Crippen LogP contribution in [0.25, 0.3) is 0 Å². The van der Waals surface area contributed by atoms with E-state index in [1.54, 1.807) is 14.0 Å². The molecule has 0 fully saturated rings. The average Bonchev–Trinajstić information content (AvgIpc) is 2.23. The molecule has 88 valence electrons. The van der Waals surface area contributed by atoms with Gasteiger partial charge in [-0.05, 0) is 30.4 Å². The first-order valence-electron chi connectivity index (χ1n) is 4.80. The molecule has 0 spiro atoms. The van der Waals surface area contributed by atoms with Crippen LogP contribution < -0.4 is 4.90 Å². The van der Waals surface area contributed by atoms with Gasteiger partial charge in [-0.2, -0.15) is 12.6 Å². The van der Waals surface area contributed by atoms with Gasteiger partial charge in [0.1, 0.15) is 5.82 Å². The minimum Gasteiger partial charge on any atom is -0.314 e. The van der Waals surface area contributed by atoms with Crippen molar-refractivity contribution in [1.29, 1.82) is 0 Å². The number of aryl methyl sites for hydroxylation is 1. The molecule has 1 rings (SSSR count). The quantitative estimate of drug-likeness (QED) is 0.830. The largest absolute Gasteiger partial charge is 0.314 e. The second-order valence-corrected chi connectivity index (χ2v) is 4.33. The monoisotopic (exact) mass is 261 g/mol. The van der Waals surface area contributed by atoms with Gasteiger partial charge in [-0.15, -0.1) is 0 Å². The summed E-state index contributed by atoms with van der Waals surface area (Å²) in [5.74, 6) is -0.0557. The Balaban J connectivity index is 3.04. The molecule has 0 radical (unpaired) electrons. The fourth-order valence-corrected chi connectivity index (χ4v) is 1.83. The molecule has 0 atom stereocenters. The number of carbonyl (C=O) groups is 1. The zero-order valence-corrected chi connectivity index (χ0v) is 10.8. The Kier molecular flexibility index (Phi) is 4.62. The maximum absolute atomic E-state index is 13.4. The Morgan fingerprint density at radius 1 is 1.56 bits per heavy atom. The predicted molar refractivity (Wildman–Crippen MR) is 68.0 cm³/mol. The lowest BCUT2D eigenvalue weighted by Crippen LogP contribution is -2.26. The van der Waals surface area contributed by atoms with Crippen LogP contribution in [-0.2, 0) is 4.79 Å². The number of benzene rings is 1. The van der Waals surface area contributed by atoms with Gasteiger partial charge in [0.05, 0.1) is 10.7 Å². The number of thiol groups is 1. The Bertz CT molecular complexity index is 411. The summed E-state index contributed by atoms with van der Waals surface area (Å²) in [4.78, 5) is 12.9. The van der Waals surface area contributed by atoms with Gasteiger partial charge >= 0.3 is 0 Å². The lowest BCUT2D eigenvalue weighted by atomic mass is 10.2. The molecule has 16 heavy (non-hydrogen) atoms. The maximum atomic E-state index is 13.4. The highest BCUT2D eigenvalue weighted by Gasteiger charge is 2.15. The van der Waals surface area contributed by atoms with Gasteiger partial charge in [0.2, 0.25) is 5.91 Å². The number of rotatable bonds is 3. The number of halogens is 2. The van der Waals surface area contributed by atoms with Gasteiger partial charge in [-0.1, -0.05) is 11.6 Å². The molecule has 1 aromatic rings. The summed E-state index contributed by atoms with van der Waals surface area (Å²) in [7, 11) is 1.57. The number of anilines is 1. The van der Waals surface area contributed by atoms with Crippen LogP contribution in [-0.4, -0.2) is 18.7 Å². The van der Waals surface area contributed by atoms with Crippen molar-refractivity contribution >= 4 is 35.8 Å². The number of nitrogens with zero attached hydrogens (tertiary/aromatic N) is 1. The minimum atomic E-state index is -0.370. The highest BCUT2D eigenvalue weighted by atomic mass is 35.5. The molecule has 0 saturated carbocycles. The molecular formula is C11H13ClFNOS. The second-order valence-electron chi connectivity index (χ2n) is 3.48. The molecule has 0 aliphatic heterocycles. The molecule has 0 aliphatic carbocycles. The van der Waals surface area contributed by atoms with E-state index in [0.29, 0.717) is 28.4 Å². The Morgan fingerprint density at radius 3 is 2.75 bits per heavy atom. The summed E-state index contributed by atoms with van der Waals surface area (Å²) in [6, 6.07) is 2.78. The number of hydrogen-bond donors (Lipinski definition) is 1. The van der Waals surface area contributed by atoms with Crippen molar-refractivity contribution in [1.82, 2.24) is 0 Å². The molecule has 2 nitrogen and oxygen atoms in total. The van der Waals surface area contributed by atoms with Crippen molar-refractivity contribution < 1.29 is 9.18 Å². The van der Waals surface area contributed by atoms with Gasteiger partial charge < -0.3 is 4.90 Å². The lowest BCUT2D eigenvalue weighted by Gasteiger charge is -2.19. The predicted octanol–water partition coefficient (Wildman–Crippen LogP) is 3.07. The SMILES string of the molecule is Cc1cc(Cl)c(N(C)C(=O)CCS)cc1F. The van der Waals surface area contributed by atoms with Crippen LogP contribution in [0.1, 0.15) is 12.0 Å². The van der Waals surface area contributed by atoms with Gasteiger partial charge in [-0.25, -0.2) is 4.39 Å². The Labute approximate surface area is 105 Å². The van der Waals surface area contributed by atoms with Gasteiger partial charge in [0.15, 0.2) is 0 Å². The average molecular weight is 262 g/mol. The smallest absolute Gasteiger partial charge is 0.227 e. The van der Waals surface area contributed by atoms with Crippen LogP contribution >= 0.6 is 24.2 Å². The molecule has 0 aromatic heterocycles. The van der Waals surface area contributed by atoms with Crippen molar-refractivity contribution in [2.24, 2.45) is 0 Å². The fraction of sp³-hybridized carbons (Fsp3) is 0.364. The first-order chi connectivity index (χ1) is 7.47. The van der Waals surface area contributed by atoms with Gasteiger partial charge in [0, 0.05) is 13.5 Å². The minimum absolute atomic E-state index is 0.139. The lowest BCUT2D eigenvalue weighted by molar-refractivity contribution is -0.117. The summed E-state index contributed by atoms with van der Waals surface area (Å²) in [6.07, 6.45) is 0.297. The number of hydrogen-bond acceptors (Lipinski definition) is 2. The van der Waals surface area contributed by atoms with Crippen LogP contribution in [0, 0.1) is 12.7 Å². The topological polar surface area (TPSA) is 20.3 Å². The molecule has 5 heteroatoms. The van der Waals surface area contributed by atoms with Crippen LogP contribution in [0.15, 0.2) is 12.1 Å². The van der Waals surface area contributed by atoms with E-state index in [1.807, 2.05) is 0 Å². The van der Waals surface area contributed by atoms with E-state index in [4.69, 9.17) is 11.6 Å². The van der Waals surface area contributed by atoms with Crippen molar-refractivity contribution in [3.63, 3.8) is 0 Å². The summed E-state index contributed by atoms with van der Waals surface area (Å²) < 4.78 is 13.4. The molecule has 0 saturated heterocycles. The molecule has 0 heterocycles. The van der Waals surface area contributed by atoms with Crippen molar-refractivity contribution in [3.8, 4) is 0 Å². The Morgan fingerprint density at radius 2 is 2.19 bits per heavy atom. The summed E-state index contributed by atoms with van der Waals surface area (Å²) in [5, 5.41) is 0.369. The van der Waals surface area contributed by atoms with E-state index in [0.717, 1.165) is 0 Å². The zero-order valence-electron chi connectivity index (χ0n) is 9.13. The molecule has 0 N–H and O–H groups in total. The van der Waals surface area contributed by atoms with E-state index >= 15 is 0 Å². The summed E-state index contributed by atoms with van der Waals surface area (Å²) in [6.45, 7) is 1.63. The van der Waals surface area contributed by atoms with E-state index in [2.05, 4.69) is 12.6 Å². The van der Waals surface area contributed by atoms with E-state index < -0.39 is 0 Å². The molecule has 0 bridgehead atoms. The van der Waals surface area contributed by atoms with E-state index in [-0.39, 0.29) is 11.7 Å². The van der Waals surface area contributed by atoms with E-state index in [9.17, 15) is 9.18 Å². The molecule has 1 aromatic carbocycles. The third kappa shape index (κ3) is 2.89. The van der Waals surface area contributed by atoms with Crippen molar-refractivity contribution in [3.05, 3.63) is 28.5 Å². The molecule has 0 unspecified atom stereocenters. The maximum Gasteiger partial charge on any atom is 0.227 e. The van der Waals surface area contributed by atoms with Crippen LogP contribution in [0.4, 0.5) is 10.1 Å². The van der Waals surface area contributed by atoms with Crippen LogP contribution in [0.2, 0.25) is 5.02 Å². The second kappa shape index (κ2) is 5.55. The highest BCUT2D eigenvalue weighted by Crippen LogP contribution is 2.28. The van der Waals surface area contributed by atoms with Crippen molar-refractivity contribution in [2.45, 2.75) is 13.3 Å². The zero-order chi connectivity index (χ0) is 12.3. The van der Waals surface area contributed by atoms with Gasteiger partial charge in [-0.3, -0.25) is 4.79 Å². The standard InChI is InChI=1S/C11H13ClFNOS/c1-7-5-8(12)10(6-9(7)13)14(2)11(15)3-4-16/h5-6,16H,3-4H2,1-2H3. The highest BCUT2D eigenvalue weighted by molar-refractivity contribution is 7.80. The summed E-state index contributed by atoms with van der Waals surface area (Å²) >= 11 is 9.94. The molecule has 0 aliphatic rings. The fourth-order valence-electron chi connectivity index (χ4n) is 1.29. The number of amides is 1.